The lowest BCUT2D eigenvalue weighted by molar-refractivity contribution is -0.0491. The molecule has 1 aromatic rings. The van der Waals surface area contributed by atoms with Crippen LogP contribution in [0.15, 0.2) is 35.2 Å². The highest BCUT2D eigenvalue weighted by Crippen LogP contribution is 2.05. The molecule has 0 heterocycles. The molecule has 1 rings (SSSR count). The second-order valence-corrected chi connectivity index (χ2v) is 5.22. The standard InChI is InChI=1S/C13H20O3S/c1-2-3-9-15-12-16-10-11-17(14)13-7-5-4-6-8-13/h4-8H,2-3,9-12H2,1H3. The molecule has 0 aliphatic carbocycles. The highest BCUT2D eigenvalue weighted by Gasteiger charge is 2.02. The van der Waals surface area contributed by atoms with Crippen LogP contribution in [0.5, 0.6) is 0 Å². The second-order valence-electron chi connectivity index (χ2n) is 3.65. The summed E-state index contributed by atoms with van der Waals surface area (Å²) in [6, 6.07) is 9.43. The van der Waals surface area contributed by atoms with Crippen LogP contribution in [0.25, 0.3) is 0 Å². The third kappa shape index (κ3) is 6.56. The predicted octanol–water partition coefficient (Wildman–Crippen LogP) is 2.59. The summed E-state index contributed by atoms with van der Waals surface area (Å²) in [4.78, 5) is 0.850. The Morgan fingerprint density at radius 2 is 1.82 bits per heavy atom. The van der Waals surface area contributed by atoms with Crippen LogP contribution < -0.4 is 0 Å². The summed E-state index contributed by atoms with van der Waals surface area (Å²) in [5.41, 5.74) is 0. The van der Waals surface area contributed by atoms with Gasteiger partial charge in [-0.2, -0.15) is 0 Å². The average molecular weight is 256 g/mol. The van der Waals surface area contributed by atoms with Gasteiger partial charge in [-0.25, -0.2) is 0 Å². The fourth-order valence-corrected chi connectivity index (χ4v) is 2.21. The number of rotatable bonds is 9. The first-order valence-electron chi connectivity index (χ1n) is 5.93. The van der Waals surface area contributed by atoms with E-state index in [9.17, 15) is 4.21 Å². The molecule has 0 saturated heterocycles. The molecule has 0 aliphatic rings. The van der Waals surface area contributed by atoms with E-state index in [1.807, 2.05) is 30.3 Å². The van der Waals surface area contributed by atoms with Gasteiger partial charge >= 0.3 is 0 Å². The monoisotopic (exact) mass is 256 g/mol. The number of ether oxygens (including phenoxy) is 2. The van der Waals surface area contributed by atoms with Crippen molar-refractivity contribution in [3.63, 3.8) is 0 Å². The Balaban J connectivity index is 2.05. The van der Waals surface area contributed by atoms with E-state index in [0.717, 1.165) is 24.3 Å². The van der Waals surface area contributed by atoms with Crippen molar-refractivity contribution in [2.75, 3.05) is 25.8 Å². The van der Waals surface area contributed by atoms with Crippen molar-refractivity contribution in [1.82, 2.24) is 0 Å². The molecule has 0 spiro atoms. The number of unbranched alkanes of at least 4 members (excludes halogenated alkanes) is 1. The van der Waals surface area contributed by atoms with Gasteiger partial charge in [0.05, 0.1) is 23.2 Å². The minimum absolute atomic E-state index is 0.298. The van der Waals surface area contributed by atoms with Crippen molar-refractivity contribution in [2.45, 2.75) is 24.7 Å². The highest BCUT2D eigenvalue weighted by molar-refractivity contribution is 7.85. The first-order chi connectivity index (χ1) is 8.34. The molecule has 17 heavy (non-hydrogen) atoms. The zero-order chi connectivity index (χ0) is 12.3. The molecule has 4 heteroatoms. The molecule has 0 saturated carbocycles. The lowest BCUT2D eigenvalue weighted by Gasteiger charge is -2.05. The van der Waals surface area contributed by atoms with Crippen LogP contribution in [-0.2, 0) is 20.3 Å². The van der Waals surface area contributed by atoms with Gasteiger partial charge in [-0.05, 0) is 18.6 Å². The molecular weight excluding hydrogens is 236 g/mol. The number of hydrogen-bond donors (Lipinski definition) is 0. The zero-order valence-corrected chi connectivity index (χ0v) is 11.1. The molecule has 0 aromatic heterocycles. The molecule has 96 valence electrons. The van der Waals surface area contributed by atoms with Crippen molar-refractivity contribution < 1.29 is 13.7 Å². The molecular formula is C13H20O3S. The Labute approximate surface area is 106 Å². The van der Waals surface area contributed by atoms with E-state index < -0.39 is 10.8 Å². The third-order valence-electron chi connectivity index (χ3n) is 2.23. The van der Waals surface area contributed by atoms with E-state index in [4.69, 9.17) is 9.47 Å². The van der Waals surface area contributed by atoms with Gasteiger partial charge in [-0.1, -0.05) is 31.5 Å². The van der Waals surface area contributed by atoms with Crippen LogP contribution in [0.1, 0.15) is 19.8 Å². The van der Waals surface area contributed by atoms with Crippen LogP contribution in [0.4, 0.5) is 0 Å². The molecule has 0 radical (unpaired) electrons. The second kappa shape index (κ2) is 9.33. The van der Waals surface area contributed by atoms with Gasteiger partial charge in [0.1, 0.15) is 6.79 Å². The van der Waals surface area contributed by atoms with Crippen LogP contribution in [0.3, 0.4) is 0 Å². The molecule has 0 N–H and O–H groups in total. The van der Waals surface area contributed by atoms with Crippen molar-refractivity contribution in [2.24, 2.45) is 0 Å². The van der Waals surface area contributed by atoms with E-state index in [1.165, 1.54) is 0 Å². The molecule has 1 aromatic carbocycles. The Bertz CT molecular complexity index is 314. The van der Waals surface area contributed by atoms with Gasteiger partial charge in [0.25, 0.3) is 0 Å². The molecule has 1 atom stereocenters. The van der Waals surface area contributed by atoms with Crippen molar-refractivity contribution in [3.05, 3.63) is 30.3 Å². The molecule has 0 amide bonds. The zero-order valence-electron chi connectivity index (χ0n) is 10.3. The summed E-state index contributed by atoms with van der Waals surface area (Å²) in [7, 11) is -0.973. The largest absolute Gasteiger partial charge is 0.355 e. The van der Waals surface area contributed by atoms with Crippen molar-refractivity contribution >= 4 is 10.8 Å². The fraction of sp³-hybridized carbons (Fsp3) is 0.538. The Hall–Kier alpha value is -0.710. The van der Waals surface area contributed by atoms with Gasteiger partial charge in [-0.3, -0.25) is 4.21 Å². The summed E-state index contributed by atoms with van der Waals surface area (Å²) < 4.78 is 22.3. The Morgan fingerprint density at radius 3 is 2.53 bits per heavy atom. The first kappa shape index (κ1) is 14.4. The van der Waals surface area contributed by atoms with E-state index in [0.29, 0.717) is 19.2 Å². The SMILES string of the molecule is CCCCOCOCCS(=O)c1ccccc1. The van der Waals surface area contributed by atoms with E-state index >= 15 is 0 Å². The predicted molar refractivity (Wildman–Crippen MR) is 69.4 cm³/mol. The maximum absolute atomic E-state index is 11.8. The van der Waals surface area contributed by atoms with Crippen LogP contribution >= 0.6 is 0 Å². The van der Waals surface area contributed by atoms with Crippen LogP contribution in [0.2, 0.25) is 0 Å². The smallest absolute Gasteiger partial charge is 0.146 e. The lowest BCUT2D eigenvalue weighted by atomic mass is 10.4. The van der Waals surface area contributed by atoms with Gasteiger partial charge < -0.3 is 9.47 Å². The summed E-state index contributed by atoms with van der Waals surface area (Å²) in [5.74, 6) is 0.515. The van der Waals surface area contributed by atoms with Crippen LogP contribution in [0, 0.1) is 0 Å². The highest BCUT2D eigenvalue weighted by atomic mass is 32.2. The van der Waals surface area contributed by atoms with Gasteiger partial charge in [0.15, 0.2) is 0 Å². The summed E-state index contributed by atoms with van der Waals surface area (Å²) in [6.45, 7) is 3.62. The maximum atomic E-state index is 11.8. The van der Waals surface area contributed by atoms with E-state index in [1.54, 1.807) is 0 Å². The molecule has 0 bridgehead atoms. The van der Waals surface area contributed by atoms with Crippen molar-refractivity contribution in [1.29, 1.82) is 0 Å². The van der Waals surface area contributed by atoms with Crippen LogP contribution in [-0.4, -0.2) is 30.0 Å². The first-order valence-corrected chi connectivity index (χ1v) is 7.25. The lowest BCUT2D eigenvalue weighted by Crippen LogP contribution is -2.09. The fourth-order valence-electron chi connectivity index (χ4n) is 1.25. The summed E-state index contributed by atoms with van der Waals surface area (Å²) in [6.07, 6.45) is 2.18. The Kier molecular flexibility index (Phi) is 7.88. The van der Waals surface area contributed by atoms with Gasteiger partial charge in [-0.15, -0.1) is 0 Å². The summed E-state index contributed by atoms with van der Waals surface area (Å²) >= 11 is 0. The third-order valence-corrected chi connectivity index (χ3v) is 3.56. The quantitative estimate of drug-likeness (QED) is 0.503. The minimum atomic E-state index is -0.973. The molecule has 3 nitrogen and oxygen atoms in total. The summed E-state index contributed by atoms with van der Waals surface area (Å²) in [5, 5.41) is 0. The number of hydrogen-bond acceptors (Lipinski definition) is 3. The average Bonchev–Trinajstić information content (AvgIpc) is 2.38. The number of benzene rings is 1. The van der Waals surface area contributed by atoms with E-state index in [-0.39, 0.29) is 0 Å². The normalized spacial score (nSPS) is 12.5. The molecule has 1 unspecified atom stereocenters. The molecule has 0 aliphatic heterocycles. The van der Waals surface area contributed by atoms with Gasteiger partial charge in [0.2, 0.25) is 0 Å². The molecule has 0 fully saturated rings. The van der Waals surface area contributed by atoms with Gasteiger partial charge in [0, 0.05) is 11.5 Å². The minimum Gasteiger partial charge on any atom is -0.355 e. The maximum Gasteiger partial charge on any atom is 0.146 e. The van der Waals surface area contributed by atoms with E-state index in [2.05, 4.69) is 6.92 Å². The Morgan fingerprint density at radius 1 is 1.12 bits per heavy atom. The van der Waals surface area contributed by atoms with Crippen molar-refractivity contribution in [3.8, 4) is 0 Å². The topological polar surface area (TPSA) is 35.5 Å².